The Bertz CT molecular complexity index is 474. The van der Waals surface area contributed by atoms with Crippen LogP contribution in [0.4, 0.5) is 0 Å². The number of phenolic OH excluding ortho intramolecular Hbond substituents is 1. The van der Waals surface area contributed by atoms with E-state index >= 15 is 0 Å². The molecular weight excluding hydrogens is 260 g/mol. The van der Waals surface area contributed by atoms with Crippen molar-refractivity contribution in [3.8, 4) is 5.75 Å². The summed E-state index contributed by atoms with van der Waals surface area (Å²) >= 11 is 0. The Morgan fingerprint density at radius 1 is 1.25 bits per heavy atom. The van der Waals surface area contributed by atoms with Crippen LogP contribution in [-0.2, 0) is 9.53 Å². The molecule has 0 fully saturated rings. The van der Waals surface area contributed by atoms with Gasteiger partial charge in [0, 0.05) is 32.2 Å². The predicted octanol–water partition coefficient (Wildman–Crippen LogP) is 0.583. The van der Waals surface area contributed by atoms with Gasteiger partial charge >= 0.3 is 0 Å². The van der Waals surface area contributed by atoms with Gasteiger partial charge in [0.2, 0.25) is 5.91 Å². The van der Waals surface area contributed by atoms with Gasteiger partial charge < -0.3 is 20.5 Å². The van der Waals surface area contributed by atoms with Crippen LogP contribution in [0.5, 0.6) is 5.75 Å². The van der Waals surface area contributed by atoms with Gasteiger partial charge in [-0.3, -0.25) is 9.59 Å². The van der Waals surface area contributed by atoms with Gasteiger partial charge in [0.15, 0.2) is 0 Å². The van der Waals surface area contributed by atoms with Crippen LogP contribution >= 0.6 is 0 Å². The number of carbonyl (C=O) groups excluding carboxylic acids is 2. The number of amides is 2. The van der Waals surface area contributed by atoms with E-state index in [1.165, 1.54) is 12.1 Å². The number of ether oxygens (including phenoxy) is 1. The molecule has 0 unspecified atom stereocenters. The molecule has 0 bridgehead atoms. The van der Waals surface area contributed by atoms with E-state index in [9.17, 15) is 14.7 Å². The first-order chi connectivity index (χ1) is 9.54. The molecule has 1 aromatic rings. The summed E-state index contributed by atoms with van der Waals surface area (Å²) in [6.45, 7) is 2.93. The Labute approximate surface area is 118 Å². The minimum Gasteiger partial charge on any atom is -0.508 e. The topological polar surface area (TPSA) is 87.7 Å². The van der Waals surface area contributed by atoms with E-state index in [1.807, 2.05) is 0 Å². The largest absolute Gasteiger partial charge is 0.508 e. The van der Waals surface area contributed by atoms with Gasteiger partial charge in [-0.25, -0.2) is 0 Å². The monoisotopic (exact) mass is 280 g/mol. The molecule has 0 aliphatic heterocycles. The molecule has 0 aliphatic carbocycles. The maximum Gasteiger partial charge on any atom is 0.251 e. The van der Waals surface area contributed by atoms with E-state index < -0.39 is 0 Å². The zero-order valence-corrected chi connectivity index (χ0v) is 11.7. The lowest BCUT2D eigenvalue weighted by atomic mass is 10.1. The Hall–Kier alpha value is -2.08. The van der Waals surface area contributed by atoms with Crippen LogP contribution in [-0.4, -0.2) is 43.7 Å². The molecule has 0 radical (unpaired) electrons. The smallest absolute Gasteiger partial charge is 0.251 e. The molecule has 20 heavy (non-hydrogen) atoms. The zero-order valence-electron chi connectivity index (χ0n) is 11.7. The maximum atomic E-state index is 11.9. The van der Waals surface area contributed by atoms with Crippen LogP contribution in [0.1, 0.15) is 22.3 Å². The van der Waals surface area contributed by atoms with Crippen LogP contribution in [0, 0.1) is 6.92 Å². The van der Waals surface area contributed by atoms with Crippen molar-refractivity contribution in [2.24, 2.45) is 0 Å². The van der Waals surface area contributed by atoms with Crippen LogP contribution in [0.25, 0.3) is 0 Å². The quantitative estimate of drug-likeness (QED) is 0.638. The second kappa shape index (κ2) is 8.16. The highest BCUT2D eigenvalue weighted by Gasteiger charge is 2.09. The fourth-order valence-electron chi connectivity index (χ4n) is 1.67. The van der Waals surface area contributed by atoms with Crippen LogP contribution < -0.4 is 10.6 Å². The molecule has 1 rings (SSSR count). The van der Waals surface area contributed by atoms with E-state index in [-0.39, 0.29) is 30.5 Å². The minimum absolute atomic E-state index is 0.122. The van der Waals surface area contributed by atoms with Gasteiger partial charge in [-0.2, -0.15) is 0 Å². The molecule has 0 saturated carbocycles. The third-order valence-corrected chi connectivity index (χ3v) is 2.72. The molecule has 6 nitrogen and oxygen atoms in total. The Balaban J connectivity index is 2.34. The fourth-order valence-corrected chi connectivity index (χ4v) is 1.67. The summed E-state index contributed by atoms with van der Waals surface area (Å²) in [7, 11) is 1.56. The van der Waals surface area contributed by atoms with Gasteiger partial charge in [0.25, 0.3) is 5.91 Å². The SMILES string of the molecule is COCCNC(=O)CCNC(=O)c1ccc(O)cc1C. The lowest BCUT2D eigenvalue weighted by Gasteiger charge is -2.08. The van der Waals surface area contributed by atoms with Gasteiger partial charge in [-0.05, 0) is 30.7 Å². The van der Waals surface area contributed by atoms with Crippen molar-refractivity contribution in [2.45, 2.75) is 13.3 Å². The summed E-state index contributed by atoms with van der Waals surface area (Å²) in [4.78, 5) is 23.3. The zero-order chi connectivity index (χ0) is 15.0. The van der Waals surface area contributed by atoms with Gasteiger partial charge in [0.1, 0.15) is 5.75 Å². The standard InChI is InChI=1S/C14H20N2O4/c1-10-9-11(17)3-4-12(10)14(19)16-6-5-13(18)15-7-8-20-2/h3-4,9,17H,5-8H2,1-2H3,(H,15,18)(H,16,19). The number of hydrogen-bond donors (Lipinski definition) is 3. The van der Waals surface area contributed by atoms with E-state index in [1.54, 1.807) is 20.1 Å². The predicted molar refractivity (Wildman–Crippen MR) is 74.7 cm³/mol. The average Bonchev–Trinajstić information content (AvgIpc) is 2.38. The first-order valence-corrected chi connectivity index (χ1v) is 6.38. The van der Waals surface area contributed by atoms with Crippen molar-refractivity contribution < 1.29 is 19.4 Å². The minimum atomic E-state index is -0.257. The van der Waals surface area contributed by atoms with Crippen LogP contribution in [0.3, 0.4) is 0 Å². The molecule has 0 aliphatic rings. The van der Waals surface area contributed by atoms with Crippen molar-refractivity contribution in [3.05, 3.63) is 29.3 Å². The van der Waals surface area contributed by atoms with Crippen LogP contribution in [0.15, 0.2) is 18.2 Å². The Kier molecular flexibility index (Phi) is 6.52. The number of rotatable bonds is 7. The molecule has 6 heteroatoms. The highest BCUT2D eigenvalue weighted by Crippen LogP contribution is 2.15. The average molecular weight is 280 g/mol. The van der Waals surface area contributed by atoms with E-state index in [0.717, 1.165) is 0 Å². The van der Waals surface area contributed by atoms with E-state index in [4.69, 9.17) is 4.74 Å². The molecule has 0 saturated heterocycles. The molecule has 2 amide bonds. The van der Waals surface area contributed by atoms with Gasteiger partial charge in [-0.15, -0.1) is 0 Å². The molecule has 3 N–H and O–H groups in total. The maximum absolute atomic E-state index is 11.9. The number of benzene rings is 1. The second-order valence-electron chi connectivity index (χ2n) is 4.35. The normalized spacial score (nSPS) is 10.1. The van der Waals surface area contributed by atoms with Crippen molar-refractivity contribution in [3.63, 3.8) is 0 Å². The molecule has 0 spiro atoms. The third-order valence-electron chi connectivity index (χ3n) is 2.72. The van der Waals surface area contributed by atoms with Crippen molar-refractivity contribution in [1.29, 1.82) is 0 Å². The van der Waals surface area contributed by atoms with Gasteiger partial charge in [-0.1, -0.05) is 0 Å². The summed E-state index contributed by atoms with van der Waals surface area (Å²) in [5, 5.41) is 14.6. The number of phenols is 1. The lowest BCUT2D eigenvalue weighted by Crippen LogP contribution is -2.32. The Morgan fingerprint density at radius 3 is 2.65 bits per heavy atom. The first kappa shape index (κ1) is 16.0. The Morgan fingerprint density at radius 2 is 2.00 bits per heavy atom. The van der Waals surface area contributed by atoms with Crippen LogP contribution in [0.2, 0.25) is 0 Å². The summed E-state index contributed by atoms with van der Waals surface area (Å²) in [5.74, 6) is -0.270. The van der Waals surface area contributed by atoms with Crippen molar-refractivity contribution >= 4 is 11.8 Å². The third kappa shape index (κ3) is 5.27. The number of nitrogens with one attached hydrogen (secondary N) is 2. The number of methoxy groups -OCH3 is 1. The number of aryl methyl sites for hydroxylation is 1. The molecular formula is C14H20N2O4. The molecule has 110 valence electrons. The highest BCUT2D eigenvalue weighted by molar-refractivity contribution is 5.96. The summed E-state index contributed by atoms with van der Waals surface area (Å²) in [6.07, 6.45) is 0.215. The number of aromatic hydroxyl groups is 1. The fraction of sp³-hybridized carbons (Fsp3) is 0.429. The second-order valence-corrected chi connectivity index (χ2v) is 4.35. The number of carbonyl (C=O) groups is 2. The lowest BCUT2D eigenvalue weighted by molar-refractivity contribution is -0.121. The van der Waals surface area contributed by atoms with Crippen molar-refractivity contribution in [1.82, 2.24) is 10.6 Å². The number of hydrogen-bond acceptors (Lipinski definition) is 4. The molecule has 1 aromatic carbocycles. The first-order valence-electron chi connectivity index (χ1n) is 6.38. The summed E-state index contributed by atoms with van der Waals surface area (Å²) < 4.78 is 4.81. The summed E-state index contributed by atoms with van der Waals surface area (Å²) in [6, 6.07) is 4.53. The molecule has 0 heterocycles. The summed E-state index contributed by atoms with van der Waals surface area (Å²) in [5.41, 5.74) is 1.18. The highest BCUT2D eigenvalue weighted by atomic mass is 16.5. The van der Waals surface area contributed by atoms with E-state index in [2.05, 4.69) is 10.6 Å². The molecule has 0 atom stereocenters. The van der Waals surface area contributed by atoms with E-state index in [0.29, 0.717) is 24.3 Å². The molecule has 0 aromatic heterocycles. The van der Waals surface area contributed by atoms with Crippen molar-refractivity contribution in [2.75, 3.05) is 26.8 Å². The van der Waals surface area contributed by atoms with Gasteiger partial charge in [0.05, 0.1) is 6.61 Å².